The molecule has 0 atom stereocenters. The van der Waals surface area contributed by atoms with Crippen molar-refractivity contribution >= 4 is 28.9 Å². The van der Waals surface area contributed by atoms with E-state index in [9.17, 15) is 10.1 Å². The summed E-state index contributed by atoms with van der Waals surface area (Å²) in [5.41, 5.74) is 2.98. The van der Waals surface area contributed by atoms with Gasteiger partial charge in [0.05, 0.1) is 0 Å². The van der Waals surface area contributed by atoms with Crippen LogP contribution in [0.4, 0.5) is 11.4 Å². The molecule has 2 aromatic rings. The normalized spacial score (nSPS) is 14.6. The number of halogens is 1. The Kier molecular flexibility index (Phi) is 6.00. The summed E-state index contributed by atoms with van der Waals surface area (Å²) < 4.78 is 0. The molecule has 5 nitrogen and oxygen atoms in total. The van der Waals surface area contributed by atoms with Crippen molar-refractivity contribution in [2.75, 3.05) is 36.4 Å². The number of aryl methyl sites for hydroxylation is 1. The number of carbonyl (C=O) groups is 1. The van der Waals surface area contributed by atoms with E-state index in [-0.39, 0.29) is 5.57 Å². The molecule has 2 aromatic carbocycles. The minimum Gasteiger partial charge on any atom is -0.373 e. The SMILES string of the molecule is Cc1ccc(NC(=O)/C(C#N)=C\N2CCN(c3cccc(Cl)c3)CC2)cc1. The minimum atomic E-state index is -0.390. The molecule has 1 aliphatic heterocycles. The Morgan fingerprint density at radius 1 is 1.15 bits per heavy atom. The number of amides is 1. The predicted molar refractivity (Wildman–Crippen MR) is 109 cm³/mol. The van der Waals surface area contributed by atoms with Gasteiger partial charge in [0.25, 0.3) is 5.91 Å². The fourth-order valence-electron chi connectivity index (χ4n) is 2.94. The van der Waals surface area contributed by atoms with Gasteiger partial charge in [-0.3, -0.25) is 4.79 Å². The lowest BCUT2D eigenvalue weighted by atomic mass is 10.2. The van der Waals surface area contributed by atoms with Gasteiger partial charge in [-0.1, -0.05) is 35.4 Å². The van der Waals surface area contributed by atoms with E-state index >= 15 is 0 Å². The summed E-state index contributed by atoms with van der Waals surface area (Å²) in [5.74, 6) is -0.390. The molecule has 0 bridgehead atoms. The molecule has 3 rings (SSSR count). The first-order valence-corrected chi connectivity index (χ1v) is 9.17. The van der Waals surface area contributed by atoms with Gasteiger partial charge in [-0.15, -0.1) is 0 Å². The number of hydrogen-bond acceptors (Lipinski definition) is 4. The largest absolute Gasteiger partial charge is 0.373 e. The predicted octanol–water partition coefficient (Wildman–Crippen LogP) is 3.82. The van der Waals surface area contributed by atoms with Crippen LogP contribution in [0.5, 0.6) is 0 Å². The molecule has 1 aliphatic rings. The van der Waals surface area contributed by atoms with Gasteiger partial charge >= 0.3 is 0 Å². The van der Waals surface area contributed by atoms with Crippen molar-refractivity contribution in [3.05, 3.63) is 70.9 Å². The second kappa shape index (κ2) is 8.61. The number of nitrogens with zero attached hydrogens (tertiary/aromatic N) is 3. The fraction of sp³-hybridized carbons (Fsp3) is 0.238. The second-order valence-electron chi connectivity index (χ2n) is 6.48. The standard InChI is InChI=1S/C21H21ClN4O/c1-16-5-7-19(8-6-16)24-21(27)17(14-23)15-25-9-11-26(12-10-25)20-4-2-3-18(22)13-20/h2-8,13,15H,9-12H2,1H3,(H,24,27)/b17-15-. The Morgan fingerprint density at radius 2 is 1.85 bits per heavy atom. The van der Waals surface area contributed by atoms with E-state index in [2.05, 4.69) is 10.2 Å². The molecule has 0 radical (unpaired) electrons. The van der Waals surface area contributed by atoms with Gasteiger partial charge in [-0.25, -0.2) is 0 Å². The number of hydrogen-bond donors (Lipinski definition) is 1. The van der Waals surface area contributed by atoms with Crippen molar-refractivity contribution < 1.29 is 4.79 Å². The van der Waals surface area contributed by atoms with Crippen LogP contribution in [0.25, 0.3) is 0 Å². The fourth-order valence-corrected chi connectivity index (χ4v) is 3.12. The Bertz CT molecular complexity index is 878. The van der Waals surface area contributed by atoms with Crippen LogP contribution in [0.1, 0.15) is 5.56 Å². The van der Waals surface area contributed by atoms with Gasteiger partial charge in [0.15, 0.2) is 0 Å². The summed E-state index contributed by atoms with van der Waals surface area (Å²) in [5, 5.41) is 12.9. The molecule has 1 amide bonds. The van der Waals surface area contributed by atoms with Gasteiger partial charge in [-0.2, -0.15) is 5.26 Å². The average Bonchev–Trinajstić information content (AvgIpc) is 2.68. The van der Waals surface area contributed by atoms with E-state index in [1.807, 2.05) is 66.4 Å². The molecule has 27 heavy (non-hydrogen) atoms. The van der Waals surface area contributed by atoms with Crippen molar-refractivity contribution in [1.29, 1.82) is 5.26 Å². The number of nitrogens with one attached hydrogen (secondary N) is 1. The lowest BCUT2D eigenvalue weighted by Gasteiger charge is -2.35. The van der Waals surface area contributed by atoms with Crippen LogP contribution in [-0.2, 0) is 4.79 Å². The lowest BCUT2D eigenvalue weighted by Crippen LogP contribution is -2.44. The Labute approximate surface area is 164 Å². The number of anilines is 2. The molecule has 138 valence electrons. The highest BCUT2D eigenvalue weighted by atomic mass is 35.5. The van der Waals surface area contributed by atoms with Crippen molar-refractivity contribution in [3.8, 4) is 6.07 Å². The zero-order valence-electron chi connectivity index (χ0n) is 15.2. The lowest BCUT2D eigenvalue weighted by molar-refractivity contribution is -0.112. The first-order chi connectivity index (χ1) is 13.0. The average molecular weight is 381 g/mol. The van der Waals surface area contributed by atoms with Crippen LogP contribution in [0, 0.1) is 18.3 Å². The molecule has 1 saturated heterocycles. The molecule has 0 aromatic heterocycles. The van der Waals surface area contributed by atoms with Crippen LogP contribution >= 0.6 is 11.6 Å². The third-order valence-electron chi connectivity index (χ3n) is 4.47. The molecule has 1 heterocycles. The summed E-state index contributed by atoms with van der Waals surface area (Å²) in [6, 6.07) is 17.3. The first kappa shape index (κ1) is 18.8. The number of benzene rings is 2. The summed E-state index contributed by atoms with van der Waals surface area (Å²) in [6.45, 7) is 5.05. The number of piperazine rings is 1. The second-order valence-corrected chi connectivity index (χ2v) is 6.91. The van der Waals surface area contributed by atoms with Gasteiger partial charge in [0, 0.05) is 48.8 Å². The van der Waals surface area contributed by atoms with Crippen molar-refractivity contribution in [1.82, 2.24) is 4.90 Å². The number of rotatable bonds is 4. The Morgan fingerprint density at radius 3 is 2.48 bits per heavy atom. The zero-order valence-corrected chi connectivity index (χ0v) is 15.9. The topological polar surface area (TPSA) is 59.4 Å². The number of carbonyl (C=O) groups excluding carboxylic acids is 1. The van der Waals surface area contributed by atoms with Gasteiger partial charge in [0.2, 0.25) is 0 Å². The Balaban J connectivity index is 1.60. The molecule has 0 saturated carbocycles. The van der Waals surface area contributed by atoms with Crippen LogP contribution in [0.2, 0.25) is 5.02 Å². The Hall–Kier alpha value is -2.97. The monoisotopic (exact) mass is 380 g/mol. The van der Waals surface area contributed by atoms with Crippen molar-refractivity contribution in [2.45, 2.75) is 6.92 Å². The molecular formula is C21H21ClN4O. The van der Waals surface area contributed by atoms with Crippen LogP contribution < -0.4 is 10.2 Å². The molecular weight excluding hydrogens is 360 g/mol. The van der Waals surface area contributed by atoms with E-state index in [4.69, 9.17) is 11.6 Å². The summed E-state index contributed by atoms with van der Waals surface area (Å²) >= 11 is 6.06. The maximum Gasteiger partial charge on any atom is 0.267 e. The van der Waals surface area contributed by atoms with Gasteiger partial charge in [-0.05, 0) is 37.3 Å². The summed E-state index contributed by atoms with van der Waals surface area (Å²) in [4.78, 5) is 16.6. The maximum absolute atomic E-state index is 12.4. The summed E-state index contributed by atoms with van der Waals surface area (Å²) in [7, 11) is 0. The third kappa shape index (κ3) is 5.02. The molecule has 0 spiro atoms. The minimum absolute atomic E-state index is 0.104. The maximum atomic E-state index is 12.4. The molecule has 6 heteroatoms. The number of nitriles is 1. The van der Waals surface area contributed by atoms with Gasteiger partial charge < -0.3 is 15.1 Å². The van der Waals surface area contributed by atoms with E-state index in [0.29, 0.717) is 5.69 Å². The highest BCUT2D eigenvalue weighted by Crippen LogP contribution is 2.21. The quantitative estimate of drug-likeness (QED) is 0.647. The van der Waals surface area contributed by atoms with E-state index in [0.717, 1.165) is 42.5 Å². The van der Waals surface area contributed by atoms with E-state index < -0.39 is 5.91 Å². The van der Waals surface area contributed by atoms with E-state index in [1.165, 1.54) is 0 Å². The molecule has 1 fully saturated rings. The molecule has 1 N–H and O–H groups in total. The van der Waals surface area contributed by atoms with Crippen molar-refractivity contribution in [2.24, 2.45) is 0 Å². The van der Waals surface area contributed by atoms with Crippen molar-refractivity contribution in [3.63, 3.8) is 0 Å². The van der Waals surface area contributed by atoms with Crippen LogP contribution in [0.3, 0.4) is 0 Å². The van der Waals surface area contributed by atoms with E-state index in [1.54, 1.807) is 6.20 Å². The first-order valence-electron chi connectivity index (χ1n) is 8.79. The highest BCUT2D eigenvalue weighted by molar-refractivity contribution is 6.30. The zero-order chi connectivity index (χ0) is 19.2. The smallest absolute Gasteiger partial charge is 0.267 e. The van der Waals surface area contributed by atoms with Crippen LogP contribution in [0.15, 0.2) is 60.3 Å². The van der Waals surface area contributed by atoms with Gasteiger partial charge in [0.1, 0.15) is 11.6 Å². The van der Waals surface area contributed by atoms with Crippen LogP contribution in [-0.4, -0.2) is 37.0 Å². The summed E-state index contributed by atoms with van der Waals surface area (Å²) in [6.07, 6.45) is 1.65. The molecule has 0 unspecified atom stereocenters. The molecule has 0 aliphatic carbocycles. The highest BCUT2D eigenvalue weighted by Gasteiger charge is 2.18. The third-order valence-corrected chi connectivity index (χ3v) is 4.71.